The SMILES string of the molecule is C/C=C(\C)CCC(O)C(C)(C)O. The molecule has 0 fully saturated rings. The molecule has 0 aromatic carbocycles. The largest absolute Gasteiger partial charge is 0.390 e. The van der Waals surface area contributed by atoms with E-state index in [4.69, 9.17) is 0 Å². The molecule has 0 amide bonds. The molecule has 0 aliphatic carbocycles. The Labute approximate surface area is 74.9 Å². The van der Waals surface area contributed by atoms with Crippen LogP contribution in [0.2, 0.25) is 0 Å². The summed E-state index contributed by atoms with van der Waals surface area (Å²) in [5, 5.41) is 18.9. The van der Waals surface area contributed by atoms with Gasteiger partial charge in [-0.3, -0.25) is 0 Å². The zero-order chi connectivity index (χ0) is 9.78. The summed E-state index contributed by atoms with van der Waals surface area (Å²) in [5.41, 5.74) is 0.270. The zero-order valence-electron chi connectivity index (χ0n) is 8.46. The maximum absolute atomic E-state index is 9.45. The van der Waals surface area contributed by atoms with Gasteiger partial charge in [0.05, 0.1) is 11.7 Å². The molecular weight excluding hydrogens is 152 g/mol. The third-order valence-electron chi connectivity index (χ3n) is 2.12. The van der Waals surface area contributed by atoms with E-state index >= 15 is 0 Å². The van der Waals surface area contributed by atoms with Crippen molar-refractivity contribution in [2.75, 3.05) is 0 Å². The van der Waals surface area contributed by atoms with Crippen molar-refractivity contribution in [2.24, 2.45) is 0 Å². The standard InChI is InChI=1S/C10H20O2/c1-5-8(2)6-7-9(11)10(3,4)12/h5,9,11-12H,6-7H2,1-4H3/b8-5+. The molecule has 0 aliphatic heterocycles. The first kappa shape index (κ1) is 11.7. The van der Waals surface area contributed by atoms with Gasteiger partial charge in [-0.05, 0) is 40.5 Å². The smallest absolute Gasteiger partial charge is 0.0849 e. The van der Waals surface area contributed by atoms with Crippen molar-refractivity contribution >= 4 is 0 Å². The van der Waals surface area contributed by atoms with Gasteiger partial charge in [0.15, 0.2) is 0 Å². The molecule has 0 saturated carbocycles. The lowest BCUT2D eigenvalue weighted by molar-refractivity contribution is -0.0509. The summed E-state index contributed by atoms with van der Waals surface area (Å²) in [5.74, 6) is 0. The monoisotopic (exact) mass is 172 g/mol. The lowest BCUT2D eigenvalue weighted by atomic mass is 9.96. The van der Waals surface area contributed by atoms with Crippen molar-refractivity contribution in [3.63, 3.8) is 0 Å². The van der Waals surface area contributed by atoms with E-state index in [1.807, 2.05) is 19.9 Å². The molecule has 0 radical (unpaired) electrons. The Hall–Kier alpha value is -0.340. The van der Waals surface area contributed by atoms with Crippen LogP contribution in [0.4, 0.5) is 0 Å². The average Bonchev–Trinajstić information content (AvgIpc) is 1.97. The van der Waals surface area contributed by atoms with Gasteiger partial charge in [-0.25, -0.2) is 0 Å². The highest BCUT2D eigenvalue weighted by molar-refractivity contribution is 4.96. The second-order valence-corrected chi connectivity index (χ2v) is 3.84. The number of aliphatic hydroxyl groups is 2. The van der Waals surface area contributed by atoms with E-state index in [2.05, 4.69) is 0 Å². The van der Waals surface area contributed by atoms with Crippen molar-refractivity contribution in [1.82, 2.24) is 0 Å². The number of aliphatic hydroxyl groups excluding tert-OH is 1. The third kappa shape index (κ3) is 4.52. The van der Waals surface area contributed by atoms with Gasteiger partial charge in [0.1, 0.15) is 0 Å². The Balaban J connectivity index is 3.80. The van der Waals surface area contributed by atoms with Crippen molar-refractivity contribution < 1.29 is 10.2 Å². The summed E-state index contributed by atoms with van der Waals surface area (Å²) in [7, 11) is 0. The molecule has 0 aliphatic rings. The molecule has 0 saturated heterocycles. The molecule has 0 bridgehead atoms. The molecule has 0 aromatic rings. The van der Waals surface area contributed by atoms with E-state index < -0.39 is 11.7 Å². The van der Waals surface area contributed by atoms with Gasteiger partial charge in [-0.15, -0.1) is 0 Å². The summed E-state index contributed by atoms with van der Waals surface area (Å²) in [6, 6.07) is 0. The van der Waals surface area contributed by atoms with Gasteiger partial charge in [0, 0.05) is 0 Å². The second-order valence-electron chi connectivity index (χ2n) is 3.84. The molecule has 72 valence electrons. The molecule has 0 spiro atoms. The van der Waals surface area contributed by atoms with Crippen molar-refractivity contribution in [3.05, 3.63) is 11.6 Å². The predicted octanol–water partition coefficient (Wildman–Crippen LogP) is 1.86. The maximum Gasteiger partial charge on any atom is 0.0849 e. The van der Waals surface area contributed by atoms with Crippen molar-refractivity contribution in [3.8, 4) is 0 Å². The molecular formula is C10H20O2. The average molecular weight is 172 g/mol. The number of rotatable bonds is 4. The minimum Gasteiger partial charge on any atom is -0.390 e. The first-order valence-corrected chi connectivity index (χ1v) is 4.40. The van der Waals surface area contributed by atoms with Gasteiger partial charge in [0.2, 0.25) is 0 Å². The van der Waals surface area contributed by atoms with E-state index in [0.717, 1.165) is 6.42 Å². The highest BCUT2D eigenvalue weighted by atomic mass is 16.3. The zero-order valence-corrected chi connectivity index (χ0v) is 8.46. The van der Waals surface area contributed by atoms with E-state index in [1.165, 1.54) is 5.57 Å². The van der Waals surface area contributed by atoms with Crippen LogP contribution in [0.25, 0.3) is 0 Å². The van der Waals surface area contributed by atoms with Crippen LogP contribution < -0.4 is 0 Å². The lowest BCUT2D eigenvalue weighted by Gasteiger charge is -2.24. The summed E-state index contributed by atoms with van der Waals surface area (Å²) in [6.45, 7) is 7.26. The maximum atomic E-state index is 9.45. The van der Waals surface area contributed by atoms with Crippen LogP contribution in [0.15, 0.2) is 11.6 Å². The number of hydrogen-bond acceptors (Lipinski definition) is 2. The normalized spacial score (nSPS) is 16.3. The Morgan fingerprint density at radius 2 is 2.00 bits per heavy atom. The summed E-state index contributed by atoms with van der Waals surface area (Å²) in [6.07, 6.45) is 2.87. The Kier molecular flexibility index (Phi) is 4.50. The van der Waals surface area contributed by atoms with Gasteiger partial charge < -0.3 is 10.2 Å². The molecule has 1 unspecified atom stereocenters. The van der Waals surface area contributed by atoms with Crippen LogP contribution in [0.1, 0.15) is 40.5 Å². The molecule has 12 heavy (non-hydrogen) atoms. The fraction of sp³-hybridized carbons (Fsp3) is 0.800. The molecule has 0 rings (SSSR count). The van der Waals surface area contributed by atoms with Gasteiger partial charge in [-0.1, -0.05) is 11.6 Å². The fourth-order valence-corrected chi connectivity index (χ4v) is 0.862. The van der Waals surface area contributed by atoms with Gasteiger partial charge in [-0.2, -0.15) is 0 Å². The number of hydrogen-bond donors (Lipinski definition) is 2. The Morgan fingerprint density at radius 1 is 1.50 bits per heavy atom. The number of allylic oxidation sites excluding steroid dienone is 2. The van der Waals surface area contributed by atoms with Crippen LogP contribution in [0, 0.1) is 0 Å². The van der Waals surface area contributed by atoms with E-state index in [1.54, 1.807) is 13.8 Å². The Morgan fingerprint density at radius 3 is 2.33 bits per heavy atom. The molecule has 0 aromatic heterocycles. The summed E-state index contributed by atoms with van der Waals surface area (Å²) in [4.78, 5) is 0. The van der Waals surface area contributed by atoms with Crippen LogP contribution in [0.5, 0.6) is 0 Å². The second kappa shape index (κ2) is 4.63. The first-order valence-electron chi connectivity index (χ1n) is 4.40. The highest BCUT2D eigenvalue weighted by Gasteiger charge is 2.23. The van der Waals surface area contributed by atoms with E-state index in [0.29, 0.717) is 6.42 Å². The van der Waals surface area contributed by atoms with E-state index in [9.17, 15) is 10.2 Å². The van der Waals surface area contributed by atoms with Crippen LogP contribution in [-0.4, -0.2) is 21.9 Å². The highest BCUT2D eigenvalue weighted by Crippen LogP contribution is 2.16. The molecule has 0 heterocycles. The van der Waals surface area contributed by atoms with E-state index in [-0.39, 0.29) is 0 Å². The molecule has 2 heteroatoms. The lowest BCUT2D eigenvalue weighted by Crippen LogP contribution is -2.35. The Bertz CT molecular complexity index is 154. The van der Waals surface area contributed by atoms with Gasteiger partial charge >= 0.3 is 0 Å². The molecule has 2 nitrogen and oxygen atoms in total. The first-order chi connectivity index (χ1) is 5.38. The van der Waals surface area contributed by atoms with Crippen LogP contribution >= 0.6 is 0 Å². The third-order valence-corrected chi connectivity index (χ3v) is 2.12. The summed E-state index contributed by atoms with van der Waals surface area (Å²) < 4.78 is 0. The van der Waals surface area contributed by atoms with Crippen molar-refractivity contribution in [1.29, 1.82) is 0 Å². The minimum atomic E-state index is -0.978. The molecule has 2 N–H and O–H groups in total. The summed E-state index contributed by atoms with van der Waals surface area (Å²) >= 11 is 0. The van der Waals surface area contributed by atoms with Crippen LogP contribution in [0.3, 0.4) is 0 Å². The quantitative estimate of drug-likeness (QED) is 0.635. The van der Waals surface area contributed by atoms with Gasteiger partial charge in [0.25, 0.3) is 0 Å². The van der Waals surface area contributed by atoms with Crippen molar-refractivity contribution in [2.45, 2.75) is 52.2 Å². The molecule has 1 atom stereocenters. The van der Waals surface area contributed by atoms with Crippen LogP contribution in [-0.2, 0) is 0 Å². The fourth-order valence-electron chi connectivity index (χ4n) is 0.862. The minimum absolute atomic E-state index is 0.625. The topological polar surface area (TPSA) is 40.5 Å². The predicted molar refractivity (Wildman–Crippen MR) is 51.0 cm³/mol.